The Morgan fingerprint density at radius 1 is 1.43 bits per heavy atom. The molecule has 0 fully saturated rings. The zero-order valence-corrected chi connectivity index (χ0v) is 8.63. The third-order valence-electron chi connectivity index (χ3n) is 1.72. The van der Waals surface area contributed by atoms with Gasteiger partial charge in [-0.1, -0.05) is 17.7 Å². The van der Waals surface area contributed by atoms with Crippen molar-refractivity contribution in [3.05, 3.63) is 29.3 Å². The molecule has 0 atom stereocenters. The second-order valence-electron chi connectivity index (χ2n) is 2.64. The number of nitrogens with zero attached hydrogens (tertiary/aromatic N) is 4. The molecule has 4 nitrogen and oxygen atoms in total. The van der Waals surface area contributed by atoms with E-state index in [-0.39, 0.29) is 5.28 Å². The third-order valence-corrected chi connectivity index (χ3v) is 2.18. The van der Waals surface area contributed by atoms with Crippen molar-refractivity contribution in [3.63, 3.8) is 0 Å². The minimum Gasteiger partial charge on any atom is -0.243 e. The van der Waals surface area contributed by atoms with Crippen LogP contribution in [0.4, 0.5) is 0 Å². The lowest BCUT2D eigenvalue weighted by Crippen LogP contribution is -1.98. The number of rotatable bonds is 2. The van der Waals surface area contributed by atoms with E-state index in [2.05, 4.69) is 21.6 Å². The molecule has 72 valence electrons. The van der Waals surface area contributed by atoms with Crippen LogP contribution >= 0.6 is 23.2 Å². The Morgan fingerprint density at radius 3 is 2.93 bits per heavy atom. The van der Waals surface area contributed by atoms with Crippen LogP contribution in [0.25, 0.3) is 11.0 Å². The van der Waals surface area contributed by atoms with Gasteiger partial charge in [-0.2, -0.15) is 10.1 Å². The van der Waals surface area contributed by atoms with E-state index < -0.39 is 0 Å². The molecule has 2 aromatic rings. The van der Waals surface area contributed by atoms with Crippen molar-refractivity contribution in [3.8, 4) is 0 Å². The predicted octanol–water partition coefficient (Wildman–Crippen LogP) is 2.32. The first kappa shape index (κ1) is 9.43. The Balaban J connectivity index is 2.71. The molecule has 0 bridgehead atoms. The molecule has 0 aliphatic carbocycles. The third kappa shape index (κ3) is 1.47. The minimum atomic E-state index is 0.119. The van der Waals surface area contributed by atoms with Crippen LogP contribution < -0.4 is 0 Å². The monoisotopic (exact) mass is 228 g/mol. The number of fused-ring (bicyclic) bond motifs is 1. The van der Waals surface area contributed by atoms with E-state index in [1.54, 1.807) is 17.0 Å². The molecule has 0 amide bonds. The minimum absolute atomic E-state index is 0.119. The van der Waals surface area contributed by atoms with Gasteiger partial charge >= 0.3 is 0 Å². The van der Waals surface area contributed by atoms with E-state index >= 15 is 0 Å². The van der Waals surface area contributed by atoms with Crippen LogP contribution in [0, 0.1) is 0 Å². The Labute approximate surface area is 90.2 Å². The lowest BCUT2D eigenvalue weighted by molar-refractivity contribution is 0.720. The fraction of sp³-hybridized carbons (Fsp3) is 0.125. The van der Waals surface area contributed by atoms with E-state index in [0.717, 1.165) is 0 Å². The first-order valence-corrected chi connectivity index (χ1v) is 4.63. The molecule has 0 spiro atoms. The van der Waals surface area contributed by atoms with Crippen molar-refractivity contribution in [2.24, 2.45) is 0 Å². The average molecular weight is 229 g/mol. The highest BCUT2D eigenvalue weighted by Gasteiger charge is 2.09. The average Bonchev–Trinajstić information content (AvgIpc) is 2.49. The van der Waals surface area contributed by atoms with Gasteiger partial charge in [0, 0.05) is 0 Å². The van der Waals surface area contributed by atoms with Gasteiger partial charge in [-0.25, -0.2) is 9.67 Å². The molecule has 0 unspecified atom stereocenters. The normalized spacial score (nSPS) is 10.7. The Hall–Kier alpha value is -1.13. The Bertz CT molecular complexity index is 491. The summed E-state index contributed by atoms with van der Waals surface area (Å²) in [5.41, 5.74) is 0.620. The molecule has 6 heteroatoms. The van der Waals surface area contributed by atoms with E-state index in [1.165, 1.54) is 0 Å². The molecule has 0 radical (unpaired) electrons. The zero-order valence-electron chi connectivity index (χ0n) is 7.11. The summed E-state index contributed by atoms with van der Waals surface area (Å²) in [5.74, 6) is 0. The summed E-state index contributed by atoms with van der Waals surface area (Å²) in [7, 11) is 0. The van der Waals surface area contributed by atoms with Crippen LogP contribution in [0.1, 0.15) is 0 Å². The summed E-state index contributed by atoms with van der Waals surface area (Å²) < 4.78 is 1.65. The molecule has 2 rings (SSSR count). The highest BCUT2D eigenvalue weighted by Crippen LogP contribution is 2.21. The Kier molecular flexibility index (Phi) is 2.39. The van der Waals surface area contributed by atoms with E-state index in [4.69, 9.17) is 23.2 Å². The van der Waals surface area contributed by atoms with Crippen molar-refractivity contribution in [1.82, 2.24) is 19.7 Å². The summed E-state index contributed by atoms with van der Waals surface area (Å²) in [5, 5.41) is 5.21. The summed E-state index contributed by atoms with van der Waals surface area (Å²) in [6, 6.07) is 0. The lowest BCUT2D eigenvalue weighted by atomic mass is 10.4. The topological polar surface area (TPSA) is 43.6 Å². The second-order valence-corrected chi connectivity index (χ2v) is 3.33. The van der Waals surface area contributed by atoms with Crippen molar-refractivity contribution >= 4 is 34.2 Å². The molecular formula is C8H6Cl2N4. The van der Waals surface area contributed by atoms with Gasteiger partial charge in [-0.3, -0.25) is 0 Å². The van der Waals surface area contributed by atoms with Gasteiger partial charge in [0.25, 0.3) is 0 Å². The second kappa shape index (κ2) is 3.55. The zero-order chi connectivity index (χ0) is 10.1. The van der Waals surface area contributed by atoms with Crippen molar-refractivity contribution < 1.29 is 0 Å². The standard InChI is InChI=1S/C8H6Cl2N4/c1-2-3-14-7-5(4-11-14)6(9)12-8(10)13-7/h2,4H,1,3H2. The van der Waals surface area contributed by atoms with Gasteiger partial charge in [-0.05, 0) is 11.6 Å². The molecule has 0 saturated carbocycles. The largest absolute Gasteiger partial charge is 0.243 e. The number of hydrogen-bond donors (Lipinski definition) is 0. The molecule has 0 aromatic carbocycles. The number of allylic oxidation sites excluding steroid dienone is 1. The van der Waals surface area contributed by atoms with E-state index in [9.17, 15) is 0 Å². The molecule has 2 heterocycles. The molecule has 0 N–H and O–H groups in total. The van der Waals surface area contributed by atoms with Gasteiger partial charge in [-0.15, -0.1) is 6.58 Å². The fourth-order valence-electron chi connectivity index (χ4n) is 1.15. The summed E-state index contributed by atoms with van der Waals surface area (Å²) >= 11 is 11.5. The van der Waals surface area contributed by atoms with Gasteiger partial charge in [0.1, 0.15) is 5.15 Å². The Morgan fingerprint density at radius 2 is 2.21 bits per heavy atom. The number of aromatic nitrogens is 4. The van der Waals surface area contributed by atoms with E-state index in [1.807, 2.05) is 0 Å². The molecule has 2 aromatic heterocycles. The van der Waals surface area contributed by atoms with Gasteiger partial charge in [0.05, 0.1) is 18.1 Å². The molecule has 0 aliphatic heterocycles. The quantitative estimate of drug-likeness (QED) is 0.451. The molecule has 14 heavy (non-hydrogen) atoms. The van der Waals surface area contributed by atoms with Crippen molar-refractivity contribution in [1.29, 1.82) is 0 Å². The highest BCUT2D eigenvalue weighted by molar-refractivity contribution is 6.35. The van der Waals surface area contributed by atoms with Crippen LogP contribution in [0.15, 0.2) is 18.9 Å². The molecule has 0 saturated heterocycles. The van der Waals surface area contributed by atoms with Crippen molar-refractivity contribution in [2.45, 2.75) is 6.54 Å². The van der Waals surface area contributed by atoms with Gasteiger partial charge in [0.2, 0.25) is 5.28 Å². The van der Waals surface area contributed by atoms with E-state index in [0.29, 0.717) is 22.7 Å². The van der Waals surface area contributed by atoms with Crippen LogP contribution in [-0.2, 0) is 6.54 Å². The van der Waals surface area contributed by atoms with Gasteiger partial charge < -0.3 is 0 Å². The highest BCUT2D eigenvalue weighted by atomic mass is 35.5. The van der Waals surface area contributed by atoms with Crippen LogP contribution in [0.2, 0.25) is 10.4 Å². The number of halogens is 2. The predicted molar refractivity (Wildman–Crippen MR) is 55.5 cm³/mol. The maximum Gasteiger partial charge on any atom is 0.225 e. The van der Waals surface area contributed by atoms with Crippen molar-refractivity contribution in [2.75, 3.05) is 0 Å². The van der Waals surface area contributed by atoms with Crippen LogP contribution in [0.3, 0.4) is 0 Å². The molecular weight excluding hydrogens is 223 g/mol. The fourth-order valence-corrected chi connectivity index (χ4v) is 1.57. The van der Waals surface area contributed by atoms with Crippen LogP contribution in [0.5, 0.6) is 0 Å². The SMILES string of the molecule is C=CCn1ncc2c(Cl)nc(Cl)nc21. The maximum absolute atomic E-state index is 5.86. The van der Waals surface area contributed by atoms with Crippen LogP contribution in [-0.4, -0.2) is 19.7 Å². The smallest absolute Gasteiger partial charge is 0.225 e. The summed E-state index contributed by atoms with van der Waals surface area (Å²) in [6.45, 7) is 4.18. The lowest BCUT2D eigenvalue weighted by Gasteiger charge is -1.98. The first-order chi connectivity index (χ1) is 6.72. The summed E-state index contributed by atoms with van der Waals surface area (Å²) in [4.78, 5) is 7.85. The summed E-state index contributed by atoms with van der Waals surface area (Å²) in [6.07, 6.45) is 3.33. The van der Waals surface area contributed by atoms with Gasteiger partial charge in [0.15, 0.2) is 5.65 Å². The number of hydrogen-bond acceptors (Lipinski definition) is 3. The maximum atomic E-state index is 5.86. The first-order valence-electron chi connectivity index (χ1n) is 3.88. The molecule has 0 aliphatic rings.